The summed E-state index contributed by atoms with van der Waals surface area (Å²) >= 11 is 6.06. The minimum atomic E-state index is -1.14. The molecule has 1 aliphatic rings. The molecule has 2 N–H and O–H groups in total. The Hall–Kier alpha value is -2.92. The molecule has 0 amide bonds. The first-order valence-corrected chi connectivity index (χ1v) is 7.98. The average Bonchev–Trinajstić information content (AvgIpc) is 2.63. The summed E-state index contributed by atoms with van der Waals surface area (Å²) < 4.78 is 0. The lowest BCUT2D eigenvalue weighted by atomic mass is 9.92. The van der Waals surface area contributed by atoms with E-state index < -0.39 is 23.6 Å². The maximum absolute atomic E-state index is 12.6. The Kier molecular flexibility index (Phi) is 4.67. The van der Waals surface area contributed by atoms with E-state index in [0.717, 1.165) is 5.56 Å². The minimum Gasteiger partial charge on any atom is -0.480 e. The molecular formula is C19H14ClNO4. The van der Waals surface area contributed by atoms with E-state index >= 15 is 0 Å². The van der Waals surface area contributed by atoms with Crippen LogP contribution in [0.15, 0.2) is 65.3 Å². The highest BCUT2D eigenvalue weighted by molar-refractivity contribution is 6.49. The third kappa shape index (κ3) is 3.32. The fraction of sp³-hybridized carbons (Fsp3) is 0.105. The number of hydrogen-bond acceptors (Lipinski definition) is 4. The van der Waals surface area contributed by atoms with Crippen LogP contribution in [0.25, 0.3) is 0 Å². The van der Waals surface area contributed by atoms with Gasteiger partial charge in [0.05, 0.1) is 0 Å². The number of carbonyl (C=O) groups excluding carboxylic acids is 2. The number of hydrogen-bond donors (Lipinski definition) is 2. The van der Waals surface area contributed by atoms with Crippen molar-refractivity contribution >= 4 is 29.1 Å². The van der Waals surface area contributed by atoms with Crippen LogP contribution in [0.4, 0.5) is 0 Å². The Bertz CT molecular complexity index is 889. The largest absolute Gasteiger partial charge is 0.480 e. The lowest BCUT2D eigenvalue weighted by Crippen LogP contribution is -2.42. The number of aliphatic carboxylic acids is 1. The van der Waals surface area contributed by atoms with Crippen LogP contribution < -0.4 is 5.32 Å². The smallest absolute Gasteiger partial charge is 0.326 e. The number of nitrogens with one attached hydrogen (secondary N) is 1. The normalized spacial score (nSPS) is 14.9. The van der Waals surface area contributed by atoms with E-state index in [1.807, 2.05) is 6.07 Å². The van der Waals surface area contributed by atoms with Gasteiger partial charge >= 0.3 is 5.97 Å². The maximum atomic E-state index is 12.6. The van der Waals surface area contributed by atoms with Crippen LogP contribution >= 0.6 is 11.6 Å². The van der Waals surface area contributed by atoms with Gasteiger partial charge < -0.3 is 10.4 Å². The molecule has 2 aromatic carbocycles. The number of allylic oxidation sites excluding steroid dienone is 2. The second-order valence-electron chi connectivity index (χ2n) is 5.62. The van der Waals surface area contributed by atoms with Crippen LogP contribution in [-0.2, 0) is 11.2 Å². The van der Waals surface area contributed by atoms with Gasteiger partial charge in [-0.3, -0.25) is 9.59 Å². The summed E-state index contributed by atoms with van der Waals surface area (Å²) in [7, 11) is 0. The van der Waals surface area contributed by atoms with Crippen molar-refractivity contribution in [1.82, 2.24) is 5.32 Å². The average molecular weight is 356 g/mol. The lowest BCUT2D eigenvalue weighted by Gasteiger charge is -2.22. The van der Waals surface area contributed by atoms with Gasteiger partial charge in [0.2, 0.25) is 11.6 Å². The Labute approximate surface area is 148 Å². The van der Waals surface area contributed by atoms with Crippen molar-refractivity contribution < 1.29 is 19.5 Å². The number of carboxylic acid groups (broad SMARTS) is 1. The fourth-order valence-corrected chi connectivity index (χ4v) is 2.94. The quantitative estimate of drug-likeness (QED) is 0.861. The van der Waals surface area contributed by atoms with E-state index in [9.17, 15) is 19.5 Å². The van der Waals surface area contributed by atoms with Gasteiger partial charge in [0, 0.05) is 17.5 Å². The molecule has 0 aromatic heterocycles. The second kappa shape index (κ2) is 6.91. The predicted octanol–water partition coefficient (Wildman–Crippen LogP) is 2.80. The van der Waals surface area contributed by atoms with E-state index in [4.69, 9.17) is 11.6 Å². The number of carboxylic acids is 1. The summed E-state index contributed by atoms with van der Waals surface area (Å²) in [6.45, 7) is 0. The molecule has 2 aromatic rings. The van der Waals surface area contributed by atoms with Gasteiger partial charge in [0.1, 0.15) is 16.8 Å². The second-order valence-corrected chi connectivity index (χ2v) is 6.00. The molecule has 0 saturated carbocycles. The summed E-state index contributed by atoms with van der Waals surface area (Å²) in [5.41, 5.74) is 1.05. The zero-order chi connectivity index (χ0) is 18.0. The SMILES string of the molecule is O=C1C(Cl)=C(N[C@H](Cc2ccccc2)C(=O)O)C(=O)c2ccccc21. The van der Waals surface area contributed by atoms with Gasteiger partial charge in [-0.2, -0.15) is 0 Å². The molecule has 0 aliphatic heterocycles. The molecule has 1 aliphatic carbocycles. The summed E-state index contributed by atoms with van der Waals surface area (Å²) in [6.07, 6.45) is 0.146. The molecule has 0 spiro atoms. The van der Waals surface area contributed by atoms with Crippen molar-refractivity contribution in [3.63, 3.8) is 0 Å². The molecule has 6 heteroatoms. The summed E-state index contributed by atoms with van der Waals surface area (Å²) in [6, 6.07) is 14.2. The van der Waals surface area contributed by atoms with Gasteiger partial charge in [0.25, 0.3) is 0 Å². The van der Waals surface area contributed by atoms with Gasteiger partial charge in [-0.15, -0.1) is 0 Å². The van der Waals surface area contributed by atoms with E-state index in [2.05, 4.69) is 5.32 Å². The summed E-state index contributed by atoms with van der Waals surface area (Å²) in [5, 5.41) is 11.8. The van der Waals surface area contributed by atoms with Crippen molar-refractivity contribution in [2.24, 2.45) is 0 Å². The van der Waals surface area contributed by atoms with Gasteiger partial charge in [0.15, 0.2) is 0 Å². The molecule has 0 fully saturated rings. The van der Waals surface area contributed by atoms with E-state index in [1.54, 1.807) is 36.4 Å². The summed E-state index contributed by atoms with van der Waals surface area (Å²) in [4.78, 5) is 36.6. The van der Waals surface area contributed by atoms with Crippen molar-refractivity contribution in [1.29, 1.82) is 0 Å². The number of Topliss-reactive ketones (excluding diaryl/α,β-unsaturated/α-hetero) is 2. The highest BCUT2D eigenvalue weighted by Crippen LogP contribution is 2.27. The highest BCUT2D eigenvalue weighted by Gasteiger charge is 2.33. The molecule has 0 heterocycles. The molecule has 0 saturated heterocycles. The Morgan fingerprint density at radius 3 is 2.12 bits per heavy atom. The first-order valence-electron chi connectivity index (χ1n) is 7.60. The standard InChI is InChI=1S/C19H14ClNO4/c20-15-16(18(23)13-9-5-4-8-12(13)17(15)22)21-14(19(24)25)10-11-6-2-1-3-7-11/h1-9,14,21H,10H2,(H,24,25)/t14-/m1/s1. The third-order valence-electron chi connectivity index (χ3n) is 3.96. The number of rotatable bonds is 5. The first kappa shape index (κ1) is 16.9. The topological polar surface area (TPSA) is 83.5 Å². The Balaban J connectivity index is 1.92. The van der Waals surface area contributed by atoms with Crippen molar-refractivity contribution in [3.05, 3.63) is 82.0 Å². The number of fused-ring (bicyclic) bond motifs is 1. The molecule has 0 bridgehead atoms. The van der Waals surface area contributed by atoms with Crippen LogP contribution in [0.2, 0.25) is 0 Å². The molecule has 0 radical (unpaired) electrons. The molecule has 1 atom stereocenters. The van der Waals surface area contributed by atoms with Gasteiger partial charge in [-0.1, -0.05) is 66.2 Å². The van der Waals surface area contributed by atoms with Gasteiger partial charge in [-0.05, 0) is 5.56 Å². The van der Waals surface area contributed by atoms with E-state index in [-0.39, 0.29) is 28.3 Å². The van der Waals surface area contributed by atoms with Crippen LogP contribution in [-0.4, -0.2) is 28.7 Å². The highest BCUT2D eigenvalue weighted by atomic mass is 35.5. The zero-order valence-corrected chi connectivity index (χ0v) is 13.8. The van der Waals surface area contributed by atoms with Crippen LogP contribution in [0.1, 0.15) is 26.3 Å². The Morgan fingerprint density at radius 2 is 1.52 bits per heavy atom. The number of benzene rings is 2. The number of carbonyl (C=O) groups is 3. The zero-order valence-electron chi connectivity index (χ0n) is 13.0. The fourth-order valence-electron chi connectivity index (χ4n) is 2.70. The molecule has 126 valence electrons. The molecule has 5 nitrogen and oxygen atoms in total. The number of halogens is 1. The molecule has 0 unspecified atom stereocenters. The van der Waals surface area contributed by atoms with Crippen LogP contribution in [0, 0.1) is 0 Å². The monoisotopic (exact) mass is 355 g/mol. The first-order chi connectivity index (χ1) is 12.0. The van der Waals surface area contributed by atoms with Crippen LogP contribution in [0.3, 0.4) is 0 Å². The van der Waals surface area contributed by atoms with E-state index in [1.165, 1.54) is 12.1 Å². The van der Waals surface area contributed by atoms with Gasteiger partial charge in [-0.25, -0.2) is 4.79 Å². The Morgan fingerprint density at radius 1 is 0.960 bits per heavy atom. The molecule has 25 heavy (non-hydrogen) atoms. The predicted molar refractivity (Wildman–Crippen MR) is 92.7 cm³/mol. The van der Waals surface area contributed by atoms with Crippen molar-refractivity contribution in [3.8, 4) is 0 Å². The number of ketones is 2. The molecular weight excluding hydrogens is 342 g/mol. The lowest BCUT2D eigenvalue weighted by molar-refractivity contribution is -0.139. The van der Waals surface area contributed by atoms with Crippen molar-refractivity contribution in [2.75, 3.05) is 0 Å². The minimum absolute atomic E-state index is 0.146. The third-order valence-corrected chi connectivity index (χ3v) is 4.32. The van der Waals surface area contributed by atoms with Crippen LogP contribution in [0.5, 0.6) is 0 Å². The summed E-state index contributed by atoms with van der Waals surface area (Å²) in [5.74, 6) is -2.12. The van der Waals surface area contributed by atoms with Crippen molar-refractivity contribution in [2.45, 2.75) is 12.5 Å². The van der Waals surface area contributed by atoms with E-state index in [0.29, 0.717) is 0 Å². The maximum Gasteiger partial charge on any atom is 0.326 e. The molecule has 3 rings (SSSR count).